The predicted molar refractivity (Wildman–Crippen MR) is 134 cm³/mol. The molecule has 13 heteroatoms. The van der Waals surface area contributed by atoms with Crippen LogP contribution >= 0.6 is 0 Å². The first-order chi connectivity index (χ1) is 18.7. The molecule has 0 radical (unpaired) electrons. The van der Waals surface area contributed by atoms with Gasteiger partial charge in [0.15, 0.2) is 0 Å². The maximum Gasteiger partial charge on any atom is 0.410 e. The molecule has 0 bridgehead atoms. The summed E-state index contributed by atoms with van der Waals surface area (Å²) in [6.07, 6.45) is -0.637. The number of hydrogen-bond acceptors (Lipinski definition) is 9. The summed E-state index contributed by atoms with van der Waals surface area (Å²) in [4.78, 5) is 63.9. The number of ether oxygens (including phenoxy) is 2. The first-order valence-electron chi connectivity index (χ1n) is 12.4. The van der Waals surface area contributed by atoms with Crippen molar-refractivity contribution in [2.45, 2.75) is 44.1 Å². The summed E-state index contributed by atoms with van der Waals surface area (Å²) in [6.45, 7) is -0.230. The Bertz CT molecular complexity index is 1220. The van der Waals surface area contributed by atoms with Gasteiger partial charge < -0.3 is 24.8 Å². The van der Waals surface area contributed by atoms with Gasteiger partial charge in [0.05, 0.1) is 11.0 Å². The number of nitrogens with one attached hydrogen (secondary N) is 1. The van der Waals surface area contributed by atoms with E-state index in [-0.39, 0.29) is 31.0 Å². The Balaban J connectivity index is 1.32. The zero-order valence-corrected chi connectivity index (χ0v) is 20.9. The first kappa shape index (κ1) is 27.5. The summed E-state index contributed by atoms with van der Waals surface area (Å²) in [7, 11) is 0. The minimum absolute atomic E-state index is 0.0276. The molecule has 2 aliphatic heterocycles. The molecule has 2 N–H and O–H groups in total. The van der Waals surface area contributed by atoms with Crippen molar-refractivity contribution in [3.63, 3.8) is 0 Å². The fourth-order valence-electron chi connectivity index (χ4n) is 4.62. The van der Waals surface area contributed by atoms with Gasteiger partial charge in [0.2, 0.25) is 11.8 Å². The molecule has 2 aliphatic rings. The standard InChI is InChI=1S/C26H28N4O9/c31-19-13-22(24(33)27-14-23(32)39-20-10-8-18(9-11-20)30(36)37)29(15-19)25(34)21-7-4-12-28(21)26(35)38-16-17-5-2-1-3-6-17/h1-3,5-6,8-11,19,21-22,31H,4,7,12-16H2,(H,27,33). The van der Waals surface area contributed by atoms with E-state index < -0.39 is 53.5 Å². The summed E-state index contributed by atoms with van der Waals surface area (Å²) in [5.41, 5.74) is 0.636. The van der Waals surface area contributed by atoms with Crippen molar-refractivity contribution in [2.24, 2.45) is 0 Å². The number of nitro groups is 1. The summed E-state index contributed by atoms with van der Waals surface area (Å²) in [6, 6.07) is 12.1. The van der Waals surface area contributed by atoms with Crippen LogP contribution in [0, 0.1) is 10.1 Å². The second-order valence-corrected chi connectivity index (χ2v) is 9.23. The van der Waals surface area contributed by atoms with Gasteiger partial charge >= 0.3 is 12.1 Å². The maximum atomic E-state index is 13.4. The average Bonchev–Trinajstić information content (AvgIpc) is 3.58. The number of rotatable bonds is 8. The molecule has 206 valence electrons. The zero-order chi connectivity index (χ0) is 27.9. The predicted octanol–water partition coefficient (Wildman–Crippen LogP) is 1.38. The van der Waals surface area contributed by atoms with Crippen LogP contribution in [0.4, 0.5) is 10.5 Å². The number of carbonyl (C=O) groups excluding carboxylic acids is 4. The first-order valence-corrected chi connectivity index (χ1v) is 12.4. The van der Waals surface area contributed by atoms with Crippen LogP contribution in [0.5, 0.6) is 5.75 Å². The van der Waals surface area contributed by atoms with Gasteiger partial charge in [-0.2, -0.15) is 0 Å². The van der Waals surface area contributed by atoms with E-state index >= 15 is 0 Å². The third-order valence-electron chi connectivity index (χ3n) is 6.53. The summed E-state index contributed by atoms with van der Waals surface area (Å²) in [5.74, 6) is -1.89. The smallest absolute Gasteiger partial charge is 0.410 e. The number of carbonyl (C=O) groups is 4. The number of nitro benzene ring substituents is 1. The molecular weight excluding hydrogens is 512 g/mol. The van der Waals surface area contributed by atoms with Crippen molar-refractivity contribution in [1.82, 2.24) is 15.1 Å². The number of aliphatic hydroxyl groups is 1. The molecule has 0 spiro atoms. The lowest BCUT2D eigenvalue weighted by Crippen LogP contribution is -2.53. The highest BCUT2D eigenvalue weighted by Crippen LogP contribution is 2.26. The number of esters is 1. The van der Waals surface area contributed by atoms with Gasteiger partial charge in [0.25, 0.3) is 5.69 Å². The Kier molecular flexibility index (Phi) is 8.71. The Hall–Kier alpha value is -4.52. The summed E-state index contributed by atoms with van der Waals surface area (Å²) >= 11 is 0. The molecule has 2 saturated heterocycles. The van der Waals surface area contributed by atoms with Crippen LogP contribution in [-0.2, 0) is 25.7 Å². The molecule has 39 heavy (non-hydrogen) atoms. The van der Waals surface area contributed by atoms with Crippen LogP contribution < -0.4 is 10.1 Å². The molecule has 3 amide bonds. The van der Waals surface area contributed by atoms with Crippen LogP contribution in [-0.4, -0.2) is 81.5 Å². The molecule has 2 aromatic rings. The number of β-amino-alcohol motifs (C(OH)–C–C–N with tert-alkyl or cyclic N) is 1. The lowest BCUT2D eigenvalue weighted by atomic mass is 10.1. The average molecular weight is 541 g/mol. The number of hydrogen-bond donors (Lipinski definition) is 2. The van der Waals surface area contributed by atoms with Crippen LogP contribution in [0.2, 0.25) is 0 Å². The number of benzene rings is 2. The number of amides is 3. The van der Waals surface area contributed by atoms with Gasteiger partial charge in [0, 0.05) is 31.6 Å². The van der Waals surface area contributed by atoms with Crippen molar-refractivity contribution >= 4 is 29.6 Å². The Labute approximate surface area is 223 Å². The van der Waals surface area contributed by atoms with E-state index in [1.807, 2.05) is 30.3 Å². The Morgan fingerprint density at radius 3 is 2.44 bits per heavy atom. The molecule has 2 fully saturated rings. The van der Waals surface area contributed by atoms with Crippen molar-refractivity contribution in [2.75, 3.05) is 19.6 Å². The van der Waals surface area contributed by atoms with Crippen LogP contribution in [0.25, 0.3) is 0 Å². The van der Waals surface area contributed by atoms with Crippen LogP contribution in [0.3, 0.4) is 0 Å². The molecule has 2 heterocycles. The third kappa shape index (κ3) is 6.87. The van der Waals surface area contributed by atoms with Gasteiger partial charge in [-0.15, -0.1) is 0 Å². The number of aliphatic hydroxyl groups excluding tert-OH is 1. The van der Waals surface area contributed by atoms with E-state index in [0.29, 0.717) is 19.4 Å². The van der Waals surface area contributed by atoms with Crippen LogP contribution in [0.15, 0.2) is 54.6 Å². The lowest BCUT2D eigenvalue weighted by Gasteiger charge is -2.30. The van der Waals surface area contributed by atoms with Gasteiger partial charge in [-0.05, 0) is 30.5 Å². The summed E-state index contributed by atoms with van der Waals surface area (Å²) < 4.78 is 10.5. The lowest BCUT2D eigenvalue weighted by molar-refractivity contribution is -0.384. The van der Waals surface area contributed by atoms with E-state index in [1.165, 1.54) is 34.1 Å². The second kappa shape index (κ2) is 12.3. The quantitative estimate of drug-likeness (QED) is 0.217. The fraction of sp³-hybridized carbons (Fsp3) is 0.385. The zero-order valence-electron chi connectivity index (χ0n) is 20.9. The Morgan fingerprint density at radius 2 is 1.74 bits per heavy atom. The molecule has 0 aliphatic carbocycles. The highest BCUT2D eigenvalue weighted by molar-refractivity contribution is 5.93. The minimum Gasteiger partial charge on any atom is -0.445 e. The summed E-state index contributed by atoms with van der Waals surface area (Å²) in [5, 5.41) is 23.4. The van der Waals surface area contributed by atoms with Crippen molar-refractivity contribution in [3.05, 3.63) is 70.3 Å². The molecule has 0 saturated carbocycles. The number of non-ortho nitro benzene ring substituents is 1. The van der Waals surface area contributed by atoms with Gasteiger partial charge in [-0.3, -0.25) is 24.6 Å². The molecule has 4 rings (SSSR count). The van der Waals surface area contributed by atoms with E-state index in [4.69, 9.17) is 9.47 Å². The highest BCUT2D eigenvalue weighted by Gasteiger charge is 2.45. The van der Waals surface area contributed by atoms with Crippen molar-refractivity contribution < 1.29 is 38.7 Å². The van der Waals surface area contributed by atoms with Crippen LogP contribution in [0.1, 0.15) is 24.8 Å². The Morgan fingerprint density at radius 1 is 1.03 bits per heavy atom. The minimum atomic E-state index is -1.04. The SMILES string of the molecule is O=C(CNC(=O)C1CC(O)CN1C(=O)C1CCCN1C(=O)OCc1ccccc1)Oc1ccc([N+](=O)[O-])cc1. The molecule has 3 atom stereocenters. The van der Waals surface area contributed by atoms with Crippen molar-refractivity contribution in [3.8, 4) is 5.75 Å². The molecule has 3 unspecified atom stereocenters. The van der Waals surface area contributed by atoms with E-state index in [1.54, 1.807) is 0 Å². The number of nitrogens with zero attached hydrogens (tertiary/aromatic N) is 3. The molecular formula is C26H28N4O9. The molecule has 2 aromatic carbocycles. The van der Waals surface area contributed by atoms with Crippen molar-refractivity contribution in [1.29, 1.82) is 0 Å². The van der Waals surface area contributed by atoms with E-state index in [9.17, 15) is 34.4 Å². The van der Waals surface area contributed by atoms with Gasteiger partial charge in [-0.25, -0.2) is 9.59 Å². The molecule has 13 nitrogen and oxygen atoms in total. The van der Waals surface area contributed by atoms with Gasteiger partial charge in [0.1, 0.15) is 31.0 Å². The van der Waals surface area contributed by atoms with E-state index in [2.05, 4.69) is 5.32 Å². The fourth-order valence-corrected chi connectivity index (χ4v) is 4.62. The highest BCUT2D eigenvalue weighted by atomic mass is 16.6. The topological polar surface area (TPSA) is 169 Å². The molecule has 0 aromatic heterocycles. The third-order valence-corrected chi connectivity index (χ3v) is 6.53. The second-order valence-electron chi connectivity index (χ2n) is 9.23. The normalized spacial score (nSPS) is 20.4. The number of likely N-dealkylation sites (tertiary alicyclic amines) is 2. The van der Waals surface area contributed by atoms with Gasteiger partial charge in [-0.1, -0.05) is 30.3 Å². The maximum absolute atomic E-state index is 13.4. The van der Waals surface area contributed by atoms with E-state index in [0.717, 1.165) is 5.56 Å². The monoisotopic (exact) mass is 540 g/mol. The largest absolute Gasteiger partial charge is 0.445 e.